The first kappa shape index (κ1) is 17.8. The van der Waals surface area contributed by atoms with E-state index in [1.165, 1.54) is 0 Å². The summed E-state index contributed by atoms with van der Waals surface area (Å²) in [6.45, 7) is 12.5. The van der Waals surface area contributed by atoms with Gasteiger partial charge in [-0.2, -0.15) is 0 Å². The SMILES string of the molecule is CC(C)CN(CC(C)C)C(=O)N1CCCC(C)(C(=O)O)C1. The molecule has 0 saturated carbocycles. The quantitative estimate of drug-likeness (QED) is 0.849. The van der Waals surface area contributed by atoms with Gasteiger partial charge in [0, 0.05) is 26.2 Å². The number of amides is 2. The van der Waals surface area contributed by atoms with E-state index >= 15 is 0 Å². The average Bonchev–Trinajstić information content (AvgIpc) is 2.36. The first-order valence-electron chi connectivity index (χ1n) is 7.93. The lowest BCUT2D eigenvalue weighted by atomic mass is 9.82. The molecule has 1 atom stereocenters. The van der Waals surface area contributed by atoms with Gasteiger partial charge in [-0.25, -0.2) is 4.79 Å². The number of aliphatic carboxylic acids is 1. The number of carbonyl (C=O) groups excluding carboxylic acids is 1. The number of carboxylic acids is 1. The fourth-order valence-corrected chi connectivity index (χ4v) is 2.89. The van der Waals surface area contributed by atoms with E-state index in [-0.39, 0.29) is 6.03 Å². The number of piperidine rings is 1. The summed E-state index contributed by atoms with van der Waals surface area (Å²) in [5.41, 5.74) is -0.810. The Morgan fingerprint density at radius 3 is 2.14 bits per heavy atom. The summed E-state index contributed by atoms with van der Waals surface area (Å²) in [5, 5.41) is 9.37. The maximum atomic E-state index is 12.7. The lowest BCUT2D eigenvalue weighted by Crippen LogP contribution is -2.53. The molecule has 21 heavy (non-hydrogen) atoms. The van der Waals surface area contributed by atoms with Crippen molar-refractivity contribution in [2.45, 2.75) is 47.5 Å². The van der Waals surface area contributed by atoms with Gasteiger partial charge in [0.25, 0.3) is 0 Å². The van der Waals surface area contributed by atoms with Crippen molar-refractivity contribution in [3.63, 3.8) is 0 Å². The van der Waals surface area contributed by atoms with E-state index in [4.69, 9.17) is 0 Å². The number of hydrogen-bond donors (Lipinski definition) is 1. The highest BCUT2D eigenvalue weighted by Crippen LogP contribution is 2.30. The Balaban J connectivity index is 2.80. The maximum Gasteiger partial charge on any atom is 0.320 e. The van der Waals surface area contributed by atoms with Crippen LogP contribution in [0.5, 0.6) is 0 Å². The molecule has 5 nitrogen and oxygen atoms in total. The van der Waals surface area contributed by atoms with E-state index < -0.39 is 11.4 Å². The zero-order valence-corrected chi connectivity index (χ0v) is 14.1. The molecule has 1 aliphatic heterocycles. The van der Waals surface area contributed by atoms with Gasteiger partial charge in [0.2, 0.25) is 0 Å². The zero-order chi connectivity index (χ0) is 16.2. The van der Waals surface area contributed by atoms with Crippen molar-refractivity contribution < 1.29 is 14.7 Å². The minimum Gasteiger partial charge on any atom is -0.481 e. The summed E-state index contributed by atoms with van der Waals surface area (Å²) in [7, 11) is 0. The van der Waals surface area contributed by atoms with Gasteiger partial charge in [0.05, 0.1) is 5.41 Å². The van der Waals surface area contributed by atoms with Gasteiger partial charge in [-0.15, -0.1) is 0 Å². The monoisotopic (exact) mass is 298 g/mol. The van der Waals surface area contributed by atoms with Crippen molar-refractivity contribution in [2.24, 2.45) is 17.3 Å². The fraction of sp³-hybridized carbons (Fsp3) is 0.875. The Hall–Kier alpha value is -1.26. The minimum atomic E-state index is -0.810. The molecule has 2 amide bonds. The second-order valence-electron chi connectivity index (χ2n) is 7.37. The van der Waals surface area contributed by atoms with Gasteiger partial charge in [0.1, 0.15) is 0 Å². The van der Waals surface area contributed by atoms with Crippen LogP contribution in [0.1, 0.15) is 47.5 Å². The topological polar surface area (TPSA) is 60.9 Å². The summed E-state index contributed by atoms with van der Waals surface area (Å²) in [6, 6.07) is -0.00965. The first-order valence-corrected chi connectivity index (χ1v) is 7.93. The van der Waals surface area contributed by atoms with E-state index in [1.807, 2.05) is 4.90 Å². The minimum absolute atomic E-state index is 0.00965. The molecule has 0 aromatic heterocycles. The molecule has 5 heteroatoms. The Morgan fingerprint density at radius 2 is 1.71 bits per heavy atom. The molecule has 0 aromatic carbocycles. The summed E-state index contributed by atoms with van der Waals surface area (Å²) >= 11 is 0. The second-order valence-corrected chi connectivity index (χ2v) is 7.37. The van der Waals surface area contributed by atoms with Crippen molar-refractivity contribution in [2.75, 3.05) is 26.2 Å². The van der Waals surface area contributed by atoms with Crippen molar-refractivity contribution >= 4 is 12.0 Å². The van der Waals surface area contributed by atoms with Gasteiger partial charge in [-0.3, -0.25) is 4.79 Å². The molecule has 1 aliphatic rings. The number of hydrogen-bond acceptors (Lipinski definition) is 2. The Bertz CT molecular complexity index is 372. The van der Waals surface area contributed by atoms with Crippen LogP contribution >= 0.6 is 0 Å². The molecule has 0 bridgehead atoms. The summed E-state index contributed by atoms with van der Waals surface area (Å²) in [6.07, 6.45) is 1.40. The van der Waals surface area contributed by atoms with Crippen LogP contribution in [0.2, 0.25) is 0 Å². The van der Waals surface area contributed by atoms with Crippen molar-refractivity contribution in [3.8, 4) is 0 Å². The molecule has 1 rings (SSSR count). The molecule has 1 unspecified atom stereocenters. The summed E-state index contributed by atoms with van der Waals surface area (Å²) in [4.78, 5) is 27.8. The van der Waals surface area contributed by atoms with Crippen molar-refractivity contribution in [1.29, 1.82) is 0 Å². The van der Waals surface area contributed by atoms with Crippen LogP contribution in [-0.2, 0) is 4.79 Å². The number of carbonyl (C=O) groups is 2. The first-order chi connectivity index (χ1) is 9.65. The van der Waals surface area contributed by atoms with Crippen LogP contribution in [-0.4, -0.2) is 53.1 Å². The van der Waals surface area contributed by atoms with Crippen LogP contribution in [0.3, 0.4) is 0 Å². The molecule has 122 valence electrons. The van der Waals surface area contributed by atoms with Gasteiger partial charge < -0.3 is 14.9 Å². The highest BCUT2D eigenvalue weighted by molar-refractivity contribution is 5.78. The summed E-state index contributed by atoms with van der Waals surface area (Å²) < 4.78 is 0. The Labute approximate surface area is 128 Å². The third kappa shape index (κ3) is 4.90. The fourth-order valence-electron chi connectivity index (χ4n) is 2.89. The van der Waals surface area contributed by atoms with Crippen LogP contribution < -0.4 is 0 Å². The van der Waals surface area contributed by atoms with Gasteiger partial charge in [-0.1, -0.05) is 27.7 Å². The number of urea groups is 1. The predicted octanol–water partition coefficient (Wildman–Crippen LogP) is 2.91. The molecule has 1 heterocycles. The number of carboxylic acid groups (broad SMARTS) is 1. The van der Waals surface area contributed by atoms with Gasteiger partial charge in [-0.05, 0) is 31.6 Å². The van der Waals surface area contributed by atoms with Crippen LogP contribution in [0.4, 0.5) is 4.79 Å². The van der Waals surface area contributed by atoms with E-state index in [1.54, 1.807) is 11.8 Å². The molecule has 1 saturated heterocycles. The molecule has 0 spiro atoms. The average molecular weight is 298 g/mol. The van der Waals surface area contributed by atoms with E-state index in [9.17, 15) is 14.7 Å². The third-order valence-electron chi connectivity index (χ3n) is 3.92. The van der Waals surface area contributed by atoms with E-state index in [2.05, 4.69) is 27.7 Å². The van der Waals surface area contributed by atoms with Crippen LogP contribution in [0, 0.1) is 17.3 Å². The summed E-state index contributed by atoms with van der Waals surface area (Å²) in [5.74, 6) is 0.00552. The predicted molar refractivity (Wildman–Crippen MR) is 83.2 cm³/mol. The zero-order valence-electron chi connectivity index (χ0n) is 14.1. The molecule has 1 N–H and O–H groups in total. The molecule has 0 aromatic rings. The number of rotatable bonds is 5. The smallest absolute Gasteiger partial charge is 0.320 e. The lowest BCUT2D eigenvalue weighted by molar-refractivity contribution is -0.150. The Morgan fingerprint density at radius 1 is 1.19 bits per heavy atom. The molecular weight excluding hydrogens is 268 g/mol. The largest absolute Gasteiger partial charge is 0.481 e. The highest BCUT2D eigenvalue weighted by Gasteiger charge is 2.40. The molecule has 1 fully saturated rings. The van der Waals surface area contributed by atoms with Crippen molar-refractivity contribution in [3.05, 3.63) is 0 Å². The lowest BCUT2D eigenvalue weighted by Gasteiger charge is -2.40. The van der Waals surface area contributed by atoms with E-state index in [0.29, 0.717) is 31.3 Å². The van der Waals surface area contributed by atoms with Gasteiger partial charge >= 0.3 is 12.0 Å². The Kier molecular flexibility index (Phi) is 6.05. The second kappa shape index (κ2) is 7.14. The van der Waals surface area contributed by atoms with Gasteiger partial charge in [0.15, 0.2) is 0 Å². The highest BCUT2D eigenvalue weighted by atomic mass is 16.4. The van der Waals surface area contributed by atoms with Crippen LogP contribution in [0.25, 0.3) is 0 Å². The standard InChI is InChI=1S/C16H30N2O3/c1-12(2)9-18(10-13(3)4)15(21)17-8-6-7-16(5,11-17)14(19)20/h12-13H,6-11H2,1-5H3,(H,19,20). The molecule has 0 radical (unpaired) electrons. The van der Waals surface area contributed by atoms with Crippen LogP contribution in [0.15, 0.2) is 0 Å². The number of likely N-dealkylation sites (tertiary alicyclic amines) is 1. The molecular formula is C16H30N2O3. The maximum absolute atomic E-state index is 12.7. The van der Waals surface area contributed by atoms with Crippen molar-refractivity contribution in [1.82, 2.24) is 9.80 Å². The third-order valence-corrected chi connectivity index (χ3v) is 3.92. The normalized spacial score (nSPS) is 22.7. The molecule has 0 aliphatic carbocycles. The van der Waals surface area contributed by atoms with E-state index in [0.717, 1.165) is 19.5 Å². The number of nitrogens with zero attached hydrogens (tertiary/aromatic N) is 2.